The van der Waals surface area contributed by atoms with E-state index in [1.165, 1.54) is 0 Å². The first-order valence-electron chi connectivity index (χ1n) is 2.16. The van der Waals surface area contributed by atoms with E-state index in [4.69, 9.17) is 4.74 Å². The number of hydrogen-bond acceptors (Lipinski definition) is 3. The lowest BCUT2D eigenvalue weighted by Crippen LogP contribution is -1.89. The topological polar surface area (TPSA) is 37.9 Å². The van der Waals surface area contributed by atoms with Crippen LogP contribution in [0.2, 0.25) is 0 Å². The molecule has 0 radical (unpaired) electrons. The van der Waals surface area contributed by atoms with E-state index in [0.29, 0.717) is 11.9 Å². The first-order valence-corrected chi connectivity index (χ1v) is 2.80. The monoisotopic (exact) mass is 130 g/mol. The molecular weight excluding hydrogens is 124 g/mol. The Kier molecular flexibility index (Phi) is 1.80. The van der Waals surface area contributed by atoms with Crippen LogP contribution in [0.15, 0.2) is 12.4 Å². The molecule has 44 valence electrons. The predicted octanol–water partition coefficient (Wildman–Crippen LogP) is 0.676. The van der Waals surface area contributed by atoms with Crippen molar-refractivity contribution in [3.8, 4) is 6.01 Å². The lowest BCUT2D eigenvalue weighted by Gasteiger charge is -1.92. The molecule has 4 heteroatoms. The van der Waals surface area contributed by atoms with Crippen LogP contribution in [0.4, 0.5) is 0 Å². The smallest absolute Gasteiger partial charge is 0.294 e. The molecule has 1 N–H and O–H groups in total. The first kappa shape index (κ1) is 5.50. The van der Waals surface area contributed by atoms with Crippen LogP contribution in [0.25, 0.3) is 0 Å². The van der Waals surface area contributed by atoms with Crippen LogP contribution < -0.4 is 4.74 Å². The SMILES string of the molecule is SCOc1ncc[nH]1. The van der Waals surface area contributed by atoms with Gasteiger partial charge in [-0.15, -0.1) is 12.6 Å². The zero-order valence-electron chi connectivity index (χ0n) is 4.16. The third kappa shape index (κ3) is 1.16. The van der Waals surface area contributed by atoms with Crippen LogP contribution in [0.5, 0.6) is 6.01 Å². The van der Waals surface area contributed by atoms with Crippen molar-refractivity contribution in [2.75, 3.05) is 5.94 Å². The predicted molar refractivity (Wildman–Crippen MR) is 33.1 cm³/mol. The maximum Gasteiger partial charge on any atom is 0.294 e. The Hall–Kier alpha value is -0.640. The summed E-state index contributed by atoms with van der Waals surface area (Å²) in [6.07, 6.45) is 3.32. The molecule has 0 atom stereocenters. The zero-order chi connectivity index (χ0) is 5.82. The van der Waals surface area contributed by atoms with E-state index < -0.39 is 0 Å². The van der Waals surface area contributed by atoms with Crippen LogP contribution >= 0.6 is 12.6 Å². The number of nitrogens with zero attached hydrogens (tertiary/aromatic N) is 1. The third-order valence-electron chi connectivity index (χ3n) is 0.674. The second-order valence-corrected chi connectivity index (χ2v) is 1.43. The van der Waals surface area contributed by atoms with E-state index in [1.54, 1.807) is 12.4 Å². The highest BCUT2D eigenvalue weighted by atomic mass is 32.1. The molecule has 0 saturated carbocycles. The fourth-order valence-corrected chi connectivity index (χ4v) is 0.513. The van der Waals surface area contributed by atoms with Gasteiger partial charge in [0, 0.05) is 12.4 Å². The summed E-state index contributed by atoms with van der Waals surface area (Å²) in [4.78, 5) is 6.54. The average molecular weight is 130 g/mol. The van der Waals surface area contributed by atoms with Gasteiger partial charge in [0.15, 0.2) is 0 Å². The lowest BCUT2D eigenvalue weighted by atomic mass is 11.0. The molecule has 0 spiro atoms. The van der Waals surface area contributed by atoms with Crippen molar-refractivity contribution in [2.24, 2.45) is 0 Å². The van der Waals surface area contributed by atoms with Gasteiger partial charge >= 0.3 is 0 Å². The standard InChI is InChI=1S/C4H6N2OS/c8-3-7-4-5-1-2-6-4/h1-2,8H,3H2,(H,5,6). The number of aromatic amines is 1. The molecule has 1 aromatic heterocycles. The highest BCUT2D eigenvalue weighted by Gasteiger charge is 1.87. The molecule has 8 heavy (non-hydrogen) atoms. The van der Waals surface area contributed by atoms with E-state index in [9.17, 15) is 0 Å². The summed E-state index contributed by atoms with van der Waals surface area (Å²) in [6.45, 7) is 0. The third-order valence-corrected chi connectivity index (χ3v) is 0.804. The minimum absolute atomic E-state index is 0.355. The van der Waals surface area contributed by atoms with Gasteiger partial charge in [-0.2, -0.15) is 0 Å². The molecule has 1 heterocycles. The Bertz CT molecular complexity index is 140. The number of thiol groups is 1. The van der Waals surface area contributed by atoms with Crippen LogP contribution in [0, 0.1) is 0 Å². The van der Waals surface area contributed by atoms with Gasteiger partial charge in [0.2, 0.25) is 0 Å². The van der Waals surface area contributed by atoms with Crippen molar-refractivity contribution in [1.82, 2.24) is 9.97 Å². The van der Waals surface area contributed by atoms with E-state index in [1.807, 2.05) is 0 Å². The van der Waals surface area contributed by atoms with Gasteiger partial charge in [-0.1, -0.05) is 0 Å². The lowest BCUT2D eigenvalue weighted by molar-refractivity contribution is 0.366. The van der Waals surface area contributed by atoms with Crippen molar-refractivity contribution >= 4 is 12.6 Å². The average Bonchev–Trinajstić information content (AvgIpc) is 2.19. The van der Waals surface area contributed by atoms with Crippen LogP contribution in [-0.2, 0) is 0 Å². The normalized spacial score (nSPS) is 9.12. The molecule has 0 saturated heterocycles. The molecule has 0 aromatic carbocycles. The van der Waals surface area contributed by atoms with E-state index in [2.05, 4.69) is 22.6 Å². The number of aromatic nitrogens is 2. The van der Waals surface area contributed by atoms with E-state index in [0.717, 1.165) is 0 Å². The summed E-state index contributed by atoms with van der Waals surface area (Å²) in [6, 6.07) is 0.514. The highest BCUT2D eigenvalue weighted by molar-refractivity contribution is 7.80. The van der Waals surface area contributed by atoms with Crippen molar-refractivity contribution in [3.05, 3.63) is 12.4 Å². The zero-order valence-corrected chi connectivity index (χ0v) is 5.06. The summed E-state index contributed by atoms with van der Waals surface area (Å²) >= 11 is 3.82. The van der Waals surface area contributed by atoms with Gasteiger partial charge in [0.1, 0.15) is 5.94 Å². The number of rotatable bonds is 2. The van der Waals surface area contributed by atoms with Gasteiger partial charge in [0.05, 0.1) is 0 Å². The minimum atomic E-state index is 0.355. The fourth-order valence-electron chi connectivity index (χ4n) is 0.391. The summed E-state index contributed by atoms with van der Waals surface area (Å²) in [7, 11) is 0. The van der Waals surface area contributed by atoms with Crippen LogP contribution in [0.1, 0.15) is 0 Å². The molecule has 0 bridgehead atoms. The van der Waals surface area contributed by atoms with Crippen molar-refractivity contribution in [2.45, 2.75) is 0 Å². The highest BCUT2D eigenvalue weighted by Crippen LogP contribution is 1.97. The molecule has 0 aliphatic heterocycles. The summed E-state index contributed by atoms with van der Waals surface area (Å²) in [5.74, 6) is 0.355. The quantitative estimate of drug-likeness (QED) is 0.456. The molecule has 0 fully saturated rings. The van der Waals surface area contributed by atoms with Gasteiger partial charge < -0.3 is 9.72 Å². The van der Waals surface area contributed by atoms with E-state index >= 15 is 0 Å². The Morgan fingerprint density at radius 3 is 3.25 bits per heavy atom. The van der Waals surface area contributed by atoms with Gasteiger partial charge in [-0.05, 0) is 0 Å². The summed E-state index contributed by atoms with van der Waals surface area (Å²) in [5, 5.41) is 0. The molecule has 3 nitrogen and oxygen atoms in total. The van der Waals surface area contributed by atoms with Crippen molar-refractivity contribution in [3.63, 3.8) is 0 Å². The fraction of sp³-hybridized carbons (Fsp3) is 0.250. The molecule has 0 unspecified atom stereocenters. The Morgan fingerprint density at radius 1 is 1.88 bits per heavy atom. The number of nitrogens with one attached hydrogen (secondary N) is 1. The molecule has 0 amide bonds. The second-order valence-electron chi connectivity index (χ2n) is 1.17. The summed E-state index contributed by atoms with van der Waals surface area (Å²) in [5.41, 5.74) is 0. The van der Waals surface area contributed by atoms with Crippen molar-refractivity contribution < 1.29 is 4.74 Å². The minimum Gasteiger partial charge on any atom is -0.454 e. The number of hydrogen-bond donors (Lipinski definition) is 2. The Balaban J connectivity index is 2.50. The first-order chi connectivity index (χ1) is 3.93. The number of H-pyrrole nitrogens is 1. The van der Waals surface area contributed by atoms with Gasteiger partial charge in [-0.25, -0.2) is 4.98 Å². The molecule has 0 aliphatic carbocycles. The molecule has 1 aromatic rings. The number of imidazole rings is 1. The maximum atomic E-state index is 4.84. The summed E-state index contributed by atoms with van der Waals surface area (Å²) < 4.78 is 4.84. The number of ether oxygens (including phenoxy) is 1. The van der Waals surface area contributed by atoms with Crippen molar-refractivity contribution in [1.29, 1.82) is 0 Å². The van der Waals surface area contributed by atoms with Gasteiger partial charge in [0.25, 0.3) is 6.01 Å². The molecular formula is C4H6N2OS. The van der Waals surface area contributed by atoms with Crippen LogP contribution in [0.3, 0.4) is 0 Å². The van der Waals surface area contributed by atoms with E-state index in [-0.39, 0.29) is 0 Å². The van der Waals surface area contributed by atoms with Crippen LogP contribution in [-0.4, -0.2) is 15.9 Å². The maximum absolute atomic E-state index is 4.84. The largest absolute Gasteiger partial charge is 0.454 e. The Morgan fingerprint density at radius 2 is 2.75 bits per heavy atom. The molecule has 1 rings (SSSR count). The second kappa shape index (κ2) is 2.61. The van der Waals surface area contributed by atoms with Gasteiger partial charge in [-0.3, -0.25) is 0 Å². The molecule has 0 aliphatic rings. The Labute approximate surface area is 52.5 Å².